The van der Waals surface area contributed by atoms with Crippen LogP contribution in [0.2, 0.25) is 0 Å². The van der Waals surface area contributed by atoms with Gasteiger partial charge in [-0.15, -0.1) is 0 Å². The lowest BCUT2D eigenvalue weighted by Gasteiger charge is -2.22. The molecule has 5 aromatic rings. The summed E-state index contributed by atoms with van der Waals surface area (Å²) >= 11 is 0. The first kappa shape index (κ1) is 23.6. The quantitative estimate of drug-likeness (QED) is 0.356. The molecule has 37 heavy (non-hydrogen) atoms. The van der Waals surface area contributed by atoms with Crippen LogP contribution in [-0.2, 0) is 0 Å². The number of anilines is 2. The average molecular weight is 493 g/mol. The summed E-state index contributed by atoms with van der Waals surface area (Å²) in [5, 5.41) is 24.6. The fourth-order valence-electron chi connectivity index (χ4n) is 4.25. The van der Waals surface area contributed by atoms with E-state index in [1.807, 2.05) is 31.2 Å². The zero-order valence-corrected chi connectivity index (χ0v) is 20.0. The molecule has 0 aliphatic carbocycles. The zero-order valence-electron chi connectivity index (χ0n) is 20.0. The van der Waals surface area contributed by atoms with Crippen LogP contribution in [0.4, 0.5) is 16.2 Å². The van der Waals surface area contributed by atoms with Crippen molar-refractivity contribution in [1.82, 2.24) is 24.7 Å². The molecule has 10 heteroatoms. The maximum absolute atomic E-state index is 14.3. The number of halogens is 1. The minimum absolute atomic E-state index is 0.249. The van der Waals surface area contributed by atoms with Gasteiger partial charge in [-0.05, 0) is 48.2 Å². The number of rotatable bonds is 6. The number of nitriles is 1. The third kappa shape index (κ3) is 4.46. The van der Waals surface area contributed by atoms with Gasteiger partial charge in [0.25, 0.3) is 5.56 Å². The first-order valence-electron chi connectivity index (χ1n) is 11.4. The summed E-state index contributed by atoms with van der Waals surface area (Å²) in [4.78, 5) is 22.6. The van der Waals surface area contributed by atoms with Crippen molar-refractivity contribution >= 4 is 22.5 Å². The van der Waals surface area contributed by atoms with E-state index in [1.54, 1.807) is 37.6 Å². The highest BCUT2D eigenvalue weighted by Gasteiger charge is 2.20. The predicted molar refractivity (Wildman–Crippen MR) is 139 cm³/mol. The smallest absolute Gasteiger partial charge is 0.263 e. The van der Waals surface area contributed by atoms with E-state index in [1.165, 1.54) is 22.9 Å². The molecular weight excluding hydrogens is 471 g/mol. The lowest BCUT2D eigenvalue weighted by molar-refractivity contribution is 0.625. The Morgan fingerprint density at radius 1 is 1.08 bits per heavy atom. The number of pyridine rings is 1. The molecule has 0 unspecified atom stereocenters. The lowest BCUT2D eigenvalue weighted by atomic mass is 9.99. The second-order valence-corrected chi connectivity index (χ2v) is 8.27. The Bertz CT molecular complexity index is 1710. The van der Waals surface area contributed by atoms with Crippen molar-refractivity contribution in [3.05, 3.63) is 101 Å². The van der Waals surface area contributed by atoms with Gasteiger partial charge in [0.1, 0.15) is 23.3 Å². The van der Waals surface area contributed by atoms with E-state index in [0.29, 0.717) is 39.5 Å². The molecule has 0 aliphatic heterocycles. The second-order valence-electron chi connectivity index (χ2n) is 8.27. The number of nitrogens with zero attached hydrogens (tertiary/aromatic N) is 6. The van der Waals surface area contributed by atoms with Gasteiger partial charge in [0.15, 0.2) is 0 Å². The second kappa shape index (κ2) is 9.83. The maximum Gasteiger partial charge on any atom is 0.263 e. The summed E-state index contributed by atoms with van der Waals surface area (Å²) in [6, 6.07) is 16.7. The lowest BCUT2D eigenvalue weighted by Crippen LogP contribution is -2.26. The van der Waals surface area contributed by atoms with Crippen LogP contribution in [0.25, 0.3) is 27.6 Å². The molecule has 0 saturated heterocycles. The number of fused-ring (bicyclic) bond motifs is 1. The van der Waals surface area contributed by atoms with Crippen molar-refractivity contribution in [1.29, 1.82) is 5.26 Å². The molecule has 3 heterocycles. The molecule has 0 saturated carbocycles. The minimum atomic E-state index is -0.502. The first-order valence-corrected chi connectivity index (χ1v) is 11.4. The van der Waals surface area contributed by atoms with E-state index in [0.717, 1.165) is 5.56 Å². The molecule has 5 rings (SSSR count). The molecule has 0 bridgehead atoms. The van der Waals surface area contributed by atoms with Crippen molar-refractivity contribution in [3.8, 4) is 22.9 Å². The fraction of sp³-hybridized carbons (Fsp3) is 0.111. The Hall–Kier alpha value is -5.17. The highest BCUT2D eigenvalue weighted by atomic mass is 19.1. The SMILES string of the molecule is CNc1ncc(C#N)c(N[C@@H](C)c2cc3cccc(-c4ccnnc4)c3c(=O)n2-c2cccc(F)c2)n1. The van der Waals surface area contributed by atoms with E-state index in [2.05, 4.69) is 36.9 Å². The van der Waals surface area contributed by atoms with Crippen LogP contribution >= 0.6 is 0 Å². The standard InChI is InChI=1S/C27H21FN8O/c1-16(34-25-19(13-29)14-31-27(30-2)35-25)23-11-17-5-3-8-22(18-9-10-32-33-15-18)24(17)26(37)36(23)21-7-4-6-20(28)12-21/h3-12,14-16H,1-2H3,(H2,30,31,34,35)/t16-/m0/s1. The van der Waals surface area contributed by atoms with Gasteiger partial charge in [0.2, 0.25) is 5.95 Å². The molecular formula is C27H21FN8O. The largest absolute Gasteiger partial charge is 0.361 e. The third-order valence-corrected chi connectivity index (χ3v) is 5.97. The highest BCUT2D eigenvalue weighted by molar-refractivity contribution is 5.96. The maximum atomic E-state index is 14.3. The van der Waals surface area contributed by atoms with Gasteiger partial charge in [-0.1, -0.05) is 24.3 Å². The fourth-order valence-corrected chi connectivity index (χ4v) is 4.25. The molecule has 2 aromatic carbocycles. The molecule has 1 atom stereocenters. The molecule has 0 aliphatic rings. The van der Waals surface area contributed by atoms with Gasteiger partial charge in [0, 0.05) is 18.3 Å². The van der Waals surface area contributed by atoms with Crippen LogP contribution < -0.4 is 16.2 Å². The Labute approximate surface area is 211 Å². The van der Waals surface area contributed by atoms with Gasteiger partial charge < -0.3 is 10.6 Å². The van der Waals surface area contributed by atoms with Gasteiger partial charge >= 0.3 is 0 Å². The normalized spacial score (nSPS) is 11.6. The number of hydrogen-bond donors (Lipinski definition) is 2. The molecule has 3 aromatic heterocycles. The van der Waals surface area contributed by atoms with E-state index < -0.39 is 11.9 Å². The molecule has 0 radical (unpaired) electrons. The van der Waals surface area contributed by atoms with Crippen LogP contribution in [0, 0.1) is 17.1 Å². The monoisotopic (exact) mass is 492 g/mol. The summed E-state index contributed by atoms with van der Waals surface area (Å²) in [7, 11) is 1.68. The van der Waals surface area contributed by atoms with Crippen LogP contribution in [0.15, 0.2) is 78.0 Å². The Balaban J connectivity index is 1.75. The third-order valence-electron chi connectivity index (χ3n) is 5.97. The van der Waals surface area contributed by atoms with Gasteiger partial charge in [0.05, 0.1) is 35.7 Å². The predicted octanol–water partition coefficient (Wildman–Crippen LogP) is 4.46. The van der Waals surface area contributed by atoms with Crippen LogP contribution in [0.5, 0.6) is 0 Å². The van der Waals surface area contributed by atoms with Crippen LogP contribution in [-0.4, -0.2) is 31.8 Å². The first-order chi connectivity index (χ1) is 18.0. The van der Waals surface area contributed by atoms with Gasteiger partial charge in [-0.25, -0.2) is 9.37 Å². The number of hydrogen-bond acceptors (Lipinski definition) is 8. The van der Waals surface area contributed by atoms with Crippen LogP contribution in [0.1, 0.15) is 24.2 Å². The highest BCUT2D eigenvalue weighted by Crippen LogP contribution is 2.30. The summed E-state index contributed by atoms with van der Waals surface area (Å²) in [6.45, 7) is 1.84. The number of nitrogens with one attached hydrogen (secondary N) is 2. The van der Waals surface area contributed by atoms with E-state index in [4.69, 9.17) is 0 Å². The summed E-state index contributed by atoms with van der Waals surface area (Å²) < 4.78 is 15.8. The molecule has 0 fully saturated rings. The Kier molecular flexibility index (Phi) is 6.26. The topological polar surface area (TPSA) is 121 Å². The summed E-state index contributed by atoms with van der Waals surface area (Å²) in [6.07, 6.45) is 4.58. The summed E-state index contributed by atoms with van der Waals surface area (Å²) in [5.74, 6) is 0.179. The van der Waals surface area contributed by atoms with Crippen LogP contribution in [0.3, 0.4) is 0 Å². The van der Waals surface area contributed by atoms with E-state index in [-0.39, 0.29) is 11.1 Å². The van der Waals surface area contributed by atoms with Crippen molar-refractivity contribution in [2.75, 3.05) is 17.7 Å². The van der Waals surface area contributed by atoms with E-state index >= 15 is 0 Å². The number of benzene rings is 2. The van der Waals surface area contributed by atoms with Gasteiger partial charge in [-0.3, -0.25) is 9.36 Å². The van der Waals surface area contributed by atoms with E-state index in [9.17, 15) is 14.4 Å². The molecule has 0 amide bonds. The zero-order chi connectivity index (χ0) is 25.9. The Morgan fingerprint density at radius 3 is 2.65 bits per heavy atom. The van der Waals surface area contributed by atoms with Gasteiger partial charge in [-0.2, -0.15) is 20.4 Å². The van der Waals surface area contributed by atoms with Crippen molar-refractivity contribution in [3.63, 3.8) is 0 Å². The molecule has 2 N–H and O–H groups in total. The van der Waals surface area contributed by atoms with Crippen molar-refractivity contribution in [2.45, 2.75) is 13.0 Å². The van der Waals surface area contributed by atoms with Crippen molar-refractivity contribution < 1.29 is 4.39 Å². The Morgan fingerprint density at radius 2 is 1.92 bits per heavy atom. The molecule has 9 nitrogen and oxygen atoms in total. The average Bonchev–Trinajstić information content (AvgIpc) is 2.93. The molecule has 182 valence electrons. The summed E-state index contributed by atoms with van der Waals surface area (Å²) in [5.41, 5.74) is 2.29. The minimum Gasteiger partial charge on any atom is -0.361 e. The van der Waals surface area contributed by atoms with Crippen molar-refractivity contribution in [2.24, 2.45) is 0 Å². The number of aromatic nitrogens is 5. The molecule has 0 spiro atoms.